The van der Waals surface area contributed by atoms with Crippen LogP contribution in [0.25, 0.3) is 0 Å². The van der Waals surface area contributed by atoms with Gasteiger partial charge in [-0.25, -0.2) is 0 Å². The van der Waals surface area contributed by atoms with Crippen LogP contribution in [0.5, 0.6) is 0 Å². The average molecular weight is 272 g/mol. The average Bonchev–Trinajstić information content (AvgIpc) is 2.42. The van der Waals surface area contributed by atoms with Crippen molar-refractivity contribution >= 4 is 29.0 Å². The number of carbonyl (C=O) groups is 1. The number of benzene rings is 2. The van der Waals surface area contributed by atoms with Gasteiger partial charge in [0.15, 0.2) is 0 Å². The molecule has 98 valence electrons. The maximum Gasteiger partial charge on any atom is 0.256 e. The topological polar surface area (TPSA) is 55.1 Å². The van der Waals surface area contributed by atoms with Crippen molar-refractivity contribution in [1.29, 1.82) is 0 Å². The highest BCUT2D eigenvalue weighted by atomic mass is 32.2. The second kappa shape index (κ2) is 5.80. The molecule has 0 saturated carbocycles. The van der Waals surface area contributed by atoms with Crippen LogP contribution in [-0.4, -0.2) is 12.2 Å². The minimum absolute atomic E-state index is 0.137. The van der Waals surface area contributed by atoms with Crippen LogP contribution in [0.2, 0.25) is 0 Å². The molecule has 0 unspecified atom stereocenters. The molecule has 0 radical (unpaired) electrons. The van der Waals surface area contributed by atoms with Crippen LogP contribution in [0.3, 0.4) is 0 Å². The van der Waals surface area contributed by atoms with Gasteiger partial charge < -0.3 is 11.1 Å². The molecule has 1 amide bonds. The molecule has 0 bridgehead atoms. The highest BCUT2D eigenvalue weighted by molar-refractivity contribution is 7.98. The summed E-state index contributed by atoms with van der Waals surface area (Å²) in [6.45, 7) is 1.96. The monoisotopic (exact) mass is 272 g/mol. The number of aryl methyl sites for hydroxylation is 1. The van der Waals surface area contributed by atoms with Crippen LogP contribution in [0.4, 0.5) is 11.4 Å². The third kappa shape index (κ3) is 3.09. The van der Waals surface area contributed by atoms with Crippen molar-refractivity contribution in [2.45, 2.75) is 11.8 Å². The normalized spacial score (nSPS) is 10.2. The molecule has 3 N–H and O–H groups in total. The molecule has 0 spiro atoms. The smallest absolute Gasteiger partial charge is 0.256 e. The summed E-state index contributed by atoms with van der Waals surface area (Å²) in [5.41, 5.74) is 8.81. The molecule has 0 atom stereocenters. The van der Waals surface area contributed by atoms with E-state index in [0.29, 0.717) is 16.9 Å². The molecule has 0 heterocycles. The van der Waals surface area contributed by atoms with E-state index < -0.39 is 0 Å². The fourth-order valence-electron chi connectivity index (χ4n) is 1.80. The van der Waals surface area contributed by atoms with Gasteiger partial charge in [-0.05, 0) is 43.0 Å². The standard InChI is InChI=1S/C15H16N2OS/c1-10-7-8-12(16)13(9-10)17-15(18)11-5-3-4-6-14(11)19-2/h3-9H,16H2,1-2H3,(H,17,18). The van der Waals surface area contributed by atoms with Gasteiger partial charge in [-0.3, -0.25) is 4.79 Å². The lowest BCUT2D eigenvalue weighted by Gasteiger charge is -2.11. The van der Waals surface area contributed by atoms with Crippen LogP contribution < -0.4 is 11.1 Å². The SMILES string of the molecule is CSc1ccccc1C(=O)Nc1cc(C)ccc1N. The number of hydrogen-bond acceptors (Lipinski definition) is 3. The molecule has 0 aromatic heterocycles. The maximum absolute atomic E-state index is 12.3. The summed E-state index contributed by atoms with van der Waals surface area (Å²) in [6, 6.07) is 13.1. The highest BCUT2D eigenvalue weighted by Gasteiger charge is 2.11. The second-order valence-corrected chi connectivity index (χ2v) is 5.09. The first-order valence-corrected chi connectivity index (χ1v) is 7.15. The van der Waals surface area contributed by atoms with Gasteiger partial charge in [0, 0.05) is 4.90 Å². The van der Waals surface area contributed by atoms with Gasteiger partial charge in [0.25, 0.3) is 5.91 Å². The minimum Gasteiger partial charge on any atom is -0.397 e. The maximum atomic E-state index is 12.3. The zero-order chi connectivity index (χ0) is 13.8. The summed E-state index contributed by atoms with van der Waals surface area (Å²) in [4.78, 5) is 13.2. The van der Waals surface area contributed by atoms with E-state index in [1.165, 1.54) is 0 Å². The molecular weight excluding hydrogens is 256 g/mol. The molecule has 0 fully saturated rings. The Kier molecular flexibility index (Phi) is 4.12. The number of anilines is 2. The summed E-state index contributed by atoms with van der Waals surface area (Å²) in [5, 5.41) is 2.86. The van der Waals surface area contributed by atoms with Crippen LogP contribution >= 0.6 is 11.8 Å². The van der Waals surface area contributed by atoms with Crippen LogP contribution in [-0.2, 0) is 0 Å². The van der Waals surface area contributed by atoms with Crippen LogP contribution in [0, 0.1) is 6.92 Å². The summed E-state index contributed by atoms with van der Waals surface area (Å²) in [7, 11) is 0. The van der Waals surface area contributed by atoms with E-state index in [4.69, 9.17) is 5.73 Å². The van der Waals surface area contributed by atoms with Crippen molar-refractivity contribution in [2.75, 3.05) is 17.3 Å². The predicted octanol–water partition coefficient (Wildman–Crippen LogP) is 3.55. The third-order valence-electron chi connectivity index (χ3n) is 2.81. The highest BCUT2D eigenvalue weighted by Crippen LogP contribution is 2.24. The Morgan fingerprint density at radius 2 is 1.95 bits per heavy atom. The Bertz CT molecular complexity index is 611. The van der Waals surface area contributed by atoms with Crippen molar-refractivity contribution in [1.82, 2.24) is 0 Å². The molecule has 0 aliphatic carbocycles. The van der Waals surface area contributed by atoms with Crippen LogP contribution in [0.15, 0.2) is 47.4 Å². The largest absolute Gasteiger partial charge is 0.397 e. The van der Waals surface area contributed by atoms with E-state index in [0.717, 1.165) is 10.5 Å². The fraction of sp³-hybridized carbons (Fsp3) is 0.133. The van der Waals surface area contributed by atoms with Gasteiger partial charge in [-0.15, -0.1) is 11.8 Å². The number of nitrogens with one attached hydrogen (secondary N) is 1. The number of nitrogen functional groups attached to an aromatic ring is 1. The summed E-state index contributed by atoms with van der Waals surface area (Å²) in [5.74, 6) is -0.137. The van der Waals surface area contributed by atoms with E-state index in [9.17, 15) is 4.79 Å². The number of amides is 1. The van der Waals surface area contributed by atoms with Gasteiger partial charge in [0.1, 0.15) is 0 Å². The first kappa shape index (κ1) is 13.5. The predicted molar refractivity (Wildman–Crippen MR) is 81.8 cm³/mol. The fourth-order valence-corrected chi connectivity index (χ4v) is 2.40. The van der Waals surface area contributed by atoms with E-state index in [2.05, 4.69) is 5.32 Å². The molecule has 2 aromatic carbocycles. The van der Waals surface area contributed by atoms with E-state index in [1.54, 1.807) is 17.8 Å². The lowest BCUT2D eigenvalue weighted by molar-refractivity contribution is 0.102. The van der Waals surface area contributed by atoms with Crippen molar-refractivity contribution in [3.8, 4) is 0 Å². The number of hydrogen-bond donors (Lipinski definition) is 2. The Morgan fingerprint density at radius 3 is 2.68 bits per heavy atom. The number of rotatable bonds is 3. The molecule has 0 saturated heterocycles. The molecular formula is C15H16N2OS. The van der Waals surface area contributed by atoms with E-state index in [-0.39, 0.29) is 5.91 Å². The molecule has 19 heavy (non-hydrogen) atoms. The van der Waals surface area contributed by atoms with Crippen LogP contribution in [0.1, 0.15) is 15.9 Å². The number of carbonyl (C=O) groups excluding carboxylic acids is 1. The number of thioether (sulfide) groups is 1. The van der Waals surface area contributed by atoms with Crippen molar-refractivity contribution in [3.63, 3.8) is 0 Å². The first-order valence-electron chi connectivity index (χ1n) is 5.92. The minimum atomic E-state index is -0.137. The molecule has 0 aliphatic rings. The Hall–Kier alpha value is -1.94. The first-order chi connectivity index (χ1) is 9.11. The van der Waals surface area contributed by atoms with Gasteiger partial charge in [0.05, 0.1) is 16.9 Å². The zero-order valence-corrected chi connectivity index (χ0v) is 11.8. The Labute approximate surface area is 117 Å². The molecule has 3 nitrogen and oxygen atoms in total. The summed E-state index contributed by atoms with van der Waals surface area (Å²) < 4.78 is 0. The van der Waals surface area contributed by atoms with Gasteiger partial charge in [-0.1, -0.05) is 18.2 Å². The lowest BCUT2D eigenvalue weighted by Crippen LogP contribution is -2.14. The molecule has 2 rings (SSSR count). The molecule has 2 aromatic rings. The second-order valence-electron chi connectivity index (χ2n) is 4.25. The quantitative estimate of drug-likeness (QED) is 0.663. The third-order valence-corrected chi connectivity index (χ3v) is 3.60. The van der Waals surface area contributed by atoms with Crippen molar-refractivity contribution in [2.24, 2.45) is 0 Å². The zero-order valence-electron chi connectivity index (χ0n) is 10.9. The molecule has 0 aliphatic heterocycles. The van der Waals surface area contributed by atoms with Gasteiger partial charge in [0.2, 0.25) is 0 Å². The van der Waals surface area contributed by atoms with E-state index >= 15 is 0 Å². The Morgan fingerprint density at radius 1 is 1.21 bits per heavy atom. The molecule has 4 heteroatoms. The van der Waals surface area contributed by atoms with Gasteiger partial charge >= 0.3 is 0 Å². The van der Waals surface area contributed by atoms with Gasteiger partial charge in [-0.2, -0.15) is 0 Å². The van der Waals surface area contributed by atoms with E-state index in [1.807, 2.05) is 49.6 Å². The van der Waals surface area contributed by atoms with Crippen molar-refractivity contribution in [3.05, 3.63) is 53.6 Å². The van der Waals surface area contributed by atoms with Crippen molar-refractivity contribution < 1.29 is 4.79 Å². The Balaban J connectivity index is 2.28. The lowest BCUT2D eigenvalue weighted by atomic mass is 10.1. The number of nitrogens with two attached hydrogens (primary N) is 1. The summed E-state index contributed by atoms with van der Waals surface area (Å²) >= 11 is 1.55. The summed E-state index contributed by atoms with van der Waals surface area (Å²) in [6.07, 6.45) is 1.95.